The van der Waals surface area contributed by atoms with Crippen molar-refractivity contribution in [1.29, 1.82) is 0 Å². The Balaban J connectivity index is 1.87. The van der Waals surface area contributed by atoms with Crippen LogP contribution in [0.4, 0.5) is 5.13 Å². The summed E-state index contributed by atoms with van der Waals surface area (Å²) in [5.74, 6) is -0.911. The number of anilines is 1. The number of rotatable bonds is 7. The smallest absolute Gasteiger partial charge is 0.332 e. The molecule has 7 heteroatoms. The maximum absolute atomic E-state index is 12.8. The first kappa shape index (κ1) is 19.0. The summed E-state index contributed by atoms with van der Waals surface area (Å²) in [4.78, 5) is 30.5. The van der Waals surface area contributed by atoms with Gasteiger partial charge < -0.3 is 9.47 Å². The van der Waals surface area contributed by atoms with Crippen LogP contribution in [-0.4, -0.2) is 37.2 Å². The molecule has 2 aromatic carbocycles. The number of carbonyl (C=O) groups excluding carboxylic acids is 2. The number of nitrogens with zero attached hydrogens (tertiary/aromatic N) is 2. The Morgan fingerprint density at radius 1 is 1.07 bits per heavy atom. The molecule has 6 nitrogen and oxygen atoms in total. The normalized spacial score (nSPS) is 10.7. The fourth-order valence-corrected chi connectivity index (χ4v) is 3.66. The molecule has 0 unspecified atom stereocenters. The van der Waals surface area contributed by atoms with E-state index in [4.69, 9.17) is 9.47 Å². The molecule has 0 saturated carbocycles. The summed E-state index contributed by atoms with van der Waals surface area (Å²) >= 11 is 1.44. The quantitative estimate of drug-likeness (QED) is 0.585. The van der Waals surface area contributed by atoms with Crippen molar-refractivity contribution in [1.82, 2.24) is 4.98 Å². The maximum Gasteiger partial charge on any atom is 0.332 e. The molecule has 0 N–H and O–H groups in total. The fraction of sp³-hybridized carbons (Fsp3) is 0.250. The zero-order valence-electron chi connectivity index (χ0n) is 15.2. The van der Waals surface area contributed by atoms with Crippen molar-refractivity contribution in [2.24, 2.45) is 0 Å². The molecule has 0 spiro atoms. The molecule has 0 atom stereocenters. The van der Waals surface area contributed by atoms with Gasteiger partial charge in [-0.1, -0.05) is 53.8 Å². The molecule has 3 rings (SSSR count). The van der Waals surface area contributed by atoms with Crippen molar-refractivity contribution in [3.63, 3.8) is 0 Å². The largest absolute Gasteiger partial charge is 0.454 e. The van der Waals surface area contributed by atoms with E-state index in [0.717, 1.165) is 21.3 Å². The zero-order valence-corrected chi connectivity index (χ0v) is 16.0. The van der Waals surface area contributed by atoms with Crippen LogP contribution >= 0.6 is 11.3 Å². The van der Waals surface area contributed by atoms with Crippen LogP contribution in [0.2, 0.25) is 0 Å². The zero-order chi connectivity index (χ0) is 19.2. The molecule has 1 heterocycles. The lowest BCUT2D eigenvalue weighted by atomic mass is 10.2. The predicted octanol–water partition coefficient (Wildman–Crippen LogP) is 3.33. The summed E-state index contributed by atoms with van der Waals surface area (Å²) in [7, 11) is 1.40. The molecule has 0 aliphatic rings. The summed E-state index contributed by atoms with van der Waals surface area (Å²) in [5.41, 5.74) is 2.89. The first-order valence-corrected chi connectivity index (χ1v) is 9.25. The van der Waals surface area contributed by atoms with E-state index in [2.05, 4.69) is 4.98 Å². The summed E-state index contributed by atoms with van der Waals surface area (Å²) in [6.45, 7) is 1.79. The number of carbonyl (C=O) groups is 2. The molecule has 140 valence electrons. The molecular weight excluding hydrogens is 364 g/mol. The van der Waals surface area contributed by atoms with Crippen LogP contribution in [0.15, 0.2) is 48.5 Å². The van der Waals surface area contributed by atoms with E-state index >= 15 is 0 Å². The van der Waals surface area contributed by atoms with Crippen molar-refractivity contribution in [3.8, 4) is 0 Å². The molecular formula is C20H20N2O4S. The van der Waals surface area contributed by atoms with Crippen molar-refractivity contribution in [2.45, 2.75) is 13.5 Å². The number of thiazole rings is 1. The van der Waals surface area contributed by atoms with Gasteiger partial charge in [0.1, 0.15) is 6.61 Å². The number of aromatic nitrogens is 1. The van der Waals surface area contributed by atoms with Gasteiger partial charge in [0.15, 0.2) is 11.7 Å². The lowest BCUT2D eigenvalue weighted by molar-refractivity contribution is -0.151. The summed E-state index contributed by atoms with van der Waals surface area (Å²) in [6.07, 6.45) is 0. The number of para-hydroxylation sites is 1. The molecule has 1 aromatic heterocycles. The molecule has 0 bridgehead atoms. The Bertz CT molecular complexity index is 940. The Morgan fingerprint density at radius 2 is 1.85 bits per heavy atom. The molecule has 0 radical (unpaired) electrons. The van der Waals surface area contributed by atoms with Crippen LogP contribution in [0.5, 0.6) is 0 Å². The number of esters is 1. The fourth-order valence-electron chi connectivity index (χ4n) is 2.60. The van der Waals surface area contributed by atoms with Gasteiger partial charge in [0.05, 0.1) is 16.8 Å². The Labute approximate surface area is 161 Å². The van der Waals surface area contributed by atoms with Gasteiger partial charge in [-0.25, -0.2) is 9.78 Å². The number of hydrogen-bond acceptors (Lipinski definition) is 6. The molecule has 0 aliphatic heterocycles. The average molecular weight is 384 g/mol. The Kier molecular flexibility index (Phi) is 6.16. The van der Waals surface area contributed by atoms with Crippen LogP contribution < -0.4 is 4.90 Å². The predicted molar refractivity (Wildman–Crippen MR) is 105 cm³/mol. The highest BCUT2D eigenvalue weighted by molar-refractivity contribution is 7.22. The van der Waals surface area contributed by atoms with Gasteiger partial charge in [-0.15, -0.1) is 0 Å². The number of amides is 1. The monoisotopic (exact) mass is 384 g/mol. The number of fused-ring (bicyclic) bond motifs is 1. The number of ether oxygens (including phenoxy) is 2. The van der Waals surface area contributed by atoms with E-state index in [-0.39, 0.29) is 19.1 Å². The highest BCUT2D eigenvalue weighted by Gasteiger charge is 2.22. The standard InChI is InChI=1S/C20H20N2O4S/c1-14-7-6-10-16-19(14)21-20(27-16)22(11-15-8-4-3-5-9-15)17(23)12-26-18(24)13-25-2/h3-10H,11-13H2,1-2H3. The molecule has 0 aliphatic carbocycles. The molecule has 1 amide bonds. The summed E-state index contributed by atoms with van der Waals surface area (Å²) in [5, 5.41) is 0.580. The van der Waals surface area contributed by atoms with E-state index in [1.807, 2.05) is 55.5 Å². The van der Waals surface area contributed by atoms with Crippen molar-refractivity contribution < 1.29 is 19.1 Å². The highest BCUT2D eigenvalue weighted by Crippen LogP contribution is 2.31. The minimum Gasteiger partial charge on any atom is -0.454 e. The van der Waals surface area contributed by atoms with Crippen molar-refractivity contribution in [2.75, 3.05) is 25.2 Å². The third-order valence-corrected chi connectivity index (χ3v) is 4.99. The first-order valence-electron chi connectivity index (χ1n) is 8.43. The van der Waals surface area contributed by atoms with Gasteiger partial charge in [0.25, 0.3) is 5.91 Å². The Morgan fingerprint density at radius 3 is 2.56 bits per heavy atom. The second kappa shape index (κ2) is 8.75. The first-order chi connectivity index (χ1) is 13.1. The van der Waals surface area contributed by atoms with Crippen molar-refractivity contribution in [3.05, 3.63) is 59.7 Å². The second-order valence-corrected chi connectivity index (χ2v) is 6.99. The van der Waals surface area contributed by atoms with Gasteiger partial charge in [0.2, 0.25) is 0 Å². The average Bonchev–Trinajstić information content (AvgIpc) is 3.10. The number of benzene rings is 2. The third-order valence-electron chi connectivity index (χ3n) is 3.94. The van der Waals surface area contributed by atoms with E-state index < -0.39 is 5.97 Å². The van der Waals surface area contributed by atoms with Crippen LogP contribution in [0.3, 0.4) is 0 Å². The van der Waals surface area contributed by atoms with E-state index in [0.29, 0.717) is 11.7 Å². The maximum atomic E-state index is 12.8. The van der Waals surface area contributed by atoms with Gasteiger partial charge in [-0.05, 0) is 24.1 Å². The summed E-state index contributed by atoms with van der Waals surface area (Å²) < 4.78 is 10.7. The number of hydrogen-bond donors (Lipinski definition) is 0. The third kappa shape index (κ3) is 4.69. The summed E-state index contributed by atoms with van der Waals surface area (Å²) in [6, 6.07) is 15.6. The van der Waals surface area contributed by atoms with Crippen LogP contribution in [-0.2, 0) is 25.6 Å². The van der Waals surface area contributed by atoms with E-state index in [9.17, 15) is 9.59 Å². The second-order valence-electron chi connectivity index (χ2n) is 5.98. The van der Waals surface area contributed by atoms with Crippen LogP contribution in [0, 0.1) is 6.92 Å². The topological polar surface area (TPSA) is 68.7 Å². The van der Waals surface area contributed by atoms with E-state index in [1.165, 1.54) is 18.4 Å². The molecule has 27 heavy (non-hydrogen) atoms. The SMILES string of the molecule is COCC(=O)OCC(=O)N(Cc1ccccc1)c1nc2c(C)cccc2s1. The number of methoxy groups -OCH3 is 1. The van der Waals surface area contributed by atoms with Gasteiger partial charge in [-0.3, -0.25) is 9.69 Å². The Hall–Kier alpha value is -2.77. The van der Waals surface area contributed by atoms with Gasteiger partial charge in [-0.2, -0.15) is 0 Å². The minimum atomic E-state index is -0.578. The lowest BCUT2D eigenvalue weighted by Crippen LogP contribution is -2.34. The van der Waals surface area contributed by atoms with Gasteiger partial charge >= 0.3 is 5.97 Å². The van der Waals surface area contributed by atoms with Gasteiger partial charge in [0, 0.05) is 7.11 Å². The molecule has 3 aromatic rings. The van der Waals surface area contributed by atoms with Crippen molar-refractivity contribution >= 4 is 38.6 Å². The molecule has 0 saturated heterocycles. The number of aryl methyl sites for hydroxylation is 1. The van der Waals surface area contributed by atoms with Crippen LogP contribution in [0.1, 0.15) is 11.1 Å². The highest BCUT2D eigenvalue weighted by atomic mass is 32.1. The molecule has 0 fully saturated rings. The van der Waals surface area contributed by atoms with E-state index in [1.54, 1.807) is 4.90 Å². The lowest BCUT2D eigenvalue weighted by Gasteiger charge is -2.20. The minimum absolute atomic E-state index is 0.188. The van der Waals surface area contributed by atoms with Crippen LogP contribution in [0.25, 0.3) is 10.2 Å².